The summed E-state index contributed by atoms with van der Waals surface area (Å²) in [4.78, 5) is 22.2. The van der Waals surface area contributed by atoms with Crippen molar-refractivity contribution >= 4 is 33.2 Å². The number of amides is 1. The second-order valence-electron chi connectivity index (χ2n) is 9.72. The first kappa shape index (κ1) is 24.2. The summed E-state index contributed by atoms with van der Waals surface area (Å²) in [5, 5.41) is 7.86. The van der Waals surface area contributed by atoms with Crippen LogP contribution in [0.2, 0.25) is 0 Å². The SMILES string of the molecule is Cc1nn(Cc2ccc(C(=O)N3CCCN(Cc4csc(C(C)(C)C)n4)CC3)o2)c(C)c1Br. The molecule has 0 spiro atoms. The predicted octanol–water partition coefficient (Wildman–Crippen LogP) is 5.01. The Labute approximate surface area is 207 Å². The van der Waals surface area contributed by atoms with Crippen molar-refractivity contribution in [2.45, 2.75) is 59.5 Å². The third-order valence-electron chi connectivity index (χ3n) is 5.93. The zero-order chi connectivity index (χ0) is 23.8. The van der Waals surface area contributed by atoms with Crippen LogP contribution in [0.15, 0.2) is 26.4 Å². The van der Waals surface area contributed by atoms with Crippen LogP contribution in [0, 0.1) is 13.8 Å². The van der Waals surface area contributed by atoms with Crippen molar-refractivity contribution in [1.82, 2.24) is 24.6 Å². The Balaban J connectivity index is 1.35. The first-order valence-corrected chi connectivity index (χ1v) is 13.0. The number of carbonyl (C=O) groups is 1. The Morgan fingerprint density at radius 1 is 1.15 bits per heavy atom. The first-order valence-electron chi connectivity index (χ1n) is 11.4. The number of thiazole rings is 1. The van der Waals surface area contributed by atoms with E-state index in [1.54, 1.807) is 17.4 Å². The Bertz CT molecular complexity index is 1130. The third kappa shape index (κ3) is 5.58. The number of furan rings is 1. The quantitative estimate of drug-likeness (QED) is 0.461. The normalized spacial score (nSPS) is 15.8. The summed E-state index contributed by atoms with van der Waals surface area (Å²) in [6.45, 7) is 15.1. The van der Waals surface area contributed by atoms with E-state index in [4.69, 9.17) is 9.40 Å². The van der Waals surface area contributed by atoms with Gasteiger partial charge in [-0.25, -0.2) is 4.98 Å². The molecule has 0 radical (unpaired) electrons. The molecule has 3 aromatic rings. The van der Waals surface area contributed by atoms with E-state index >= 15 is 0 Å². The summed E-state index contributed by atoms with van der Waals surface area (Å²) in [5.41, 5.74) is 3.19. The predicted molar refractivity (Wildman–Crippen MR) is 134 cm³/mol. The number of aromatic nitrogens is 3. The zero-order valence-corrected chi connectivity index (χ0v) is 22.4. The first-order chi connectivity index (χ1) is 15.6. The van der Waals surface area contributed by atoms with Crippen LogP contribution in [0.3, 0.4) is 0 Å². The zero-order valence-electron chi connectivity index (χ0n) is 20.0. The molecule has 1 aliphatic rings. The van der Waals surface area contributed by atoms with Gasteiger partial charge in [0.15, 0.2) is 5.76 Å². The number of hydrogen-bond donors (Lipinski definition) is 0. The van der Waals surface area contributed by atoms with E-state index in [-0.39, 0.29) is 11.3 Å². The third-order valence-corrected chi connectivity index (χ3v) is 8.39. The van der Waals surface area contributed by atoms with Gasteiger partial charge in [0, 0.05) is 43.5 Å². The fourth-order valence-electron chi connectivity index (χ4n) is 4.00. The van der Waals surface area contributed by atoms with E-state index in [0.29, 0.717) is 18.8 Å². The Hall–Kier alpha value is -1.97. The molecule has 0 bridgehead atoms. The number of aryl methyl sites for hydroxylation is 1. The fourth-order valence-corrected chi connectivity index (χ4v) is 5.18. The van der Waals surface area contributed by atoms with Gasteiger partial charge in [-0.05, 0) is 48.3 Å². The van der Waals surface area contributed by atoms with Gasteiger partial charge in [-0.1, -0.05) is 20.8 Å². The van der Waals surface area contributed by atoms with E-state index in [9.17, 15) is 4.79 Å². The Kier molecular flexibility index (Phi) is 7.12. The van der Waals surface area contributed by atoms with Gasteiger partial charge in [-0.2, -0.15) is 5.10 Å². The van der Waals surface area contributed by atoms with Gasteiger partial charge in [0.1, 0.15) is 5.76 Å². The molecule has 9 heteroatoms. The summed E-state index contributed by atoms with van der Waals surface area (Å²) in [5.74, 6) is 1.08. The topological polar surface area (TPSA) is 67.4 Å². The van der Waals surface area contributed by atoms with Gasteiger partial charge in [-0.3, -0.25) is 14.4 Å². The molecule has 0 unspecified atom stereocenters. The summed E-state index contributed by atoms with van der Waals surface area (Å²) in [7, 11) is 0. The van der Waals surface area contributed by atoms with Gasteiger partial charge in [0.05, 0.1) is 33.1 Å². The van der Waals surface area contributed by atoms with Crippen molar-refractivity contribution in [2.75, 3.05) is 26.2 Å². The van der Waals surface area contributed by atoms with Crippen molar-refractivity contribution < 1.29 is 9.21 Å². The molecule has 0 saturated carbocycles. The number of halogens is 1. The van der Waals surface area contributed by atoms with Crippen LogP contribution in [-0.2, 0) is 18.5 Å². The maximum absolute atomic E-state index is 13.1. The van der Waals surface area contributed by atoms with Crippen LogP contribution in [0.1, 0.15) is 65.6 Å². The maximum Gasteiger partial charge on any atom is 0.289 e. The summed E-state index contributed by atoms with van der Waals surface area (Å²) in [6, 6.07) is 3.65. The molecule has 1 amide bonds. The minimum atomic E-state index is -0.0404. The molecular formula is C24H32BrN5O2S. The van der Waals surface area contributed by atoms with Gasteiger partial charge < -0.3 is 9.32 Å². The number of rotatable bonds is 5. The van der Waals surface area contributed by atoms with E-state index in [0.717, 1.165) is 59.9 Å². The summed E-state index contributed by atoms with van der Waals surface area (Å²) in [6.07, 6.45) is 0.940. The Morgan fingerprint density at radius 2 is 1.94 bits per heavy atom. The molecule has 0 N–H and O–H groups in total. The molecule has 0 aromatic carbocycles. The lowest BCUT2D eigenvalue weighted by atomic mass is 9.98. The van der Waals surface area contributed by atoms with Crippen LogP contribution in [0.25, 0.3) is 0 Å². The minimum Gasteiger partial charge on any atom is -0.454 e. The standard InChI is InChI=1S/C24H32BrN5O2S/c1-16-21(25)17(2)30(27-16)14-19-7-8-20(32-19)22(31)29-10-6-9-28(11-12-29)13-18-15-33-23(26-18)24(3,4)5/h7-8,15H,6,9-14H2,1-5H3. The van der Waals surface area contributed by atoms with Gasteiger partial charge >= 0.3 is 0 Å². The van der Waals surface area contributed by atoms with E-state index in [1.807, 2.05) is 29.5 Å². The van der Waals surface area contributed by atoms with Gasteiger partial charge in [0.25, 0.3) is 5.91 Å². The maximum atomic E-state index is 13.1. The lowest BCUT2D eigenvalue weighted by Crippen LogP contribution is -2.35. The second kappa shape index (κ2) is 9.72. The fraction of sp³-hybridized carbons (Fsp3) is 0.542. The smallest absolute Gasteiger partial charge is 0.289 e. The molecule has 4 rings (SSSR count). The molecule has 0 aliphatic carbocycles. The van der Waals surface area contributed by atoms with Crippen molar-refractivity contribution in [3.63, 3.8) is 0 Å². The monoisotopic (exact) mass is 533 g/mol. The molecule has 33 heavy (non-hydrogen) atoms. The summed E-state index contributed by atoms with van der Waals surface area (Å²) < 4.78 is 8.81. The molecule has 1 aliphatic heterocycles. The van der Waals surface area contributed by atoms with Gasteiger partial charge in [-0.15, -0.1) is 11.3 Å². The molecule has 7 nitrogen and oxygen atoms in total. The Morgan fingerprint density at radius 3 is 2.61 bits per heavy atom. The molecule has 3 aromatic heterocycles. The van der Waals surface area contributed by atoms with Crippen LogP contribution in [-0.4, -0.2) is 56.7 Å². The van der Waals surface area contributed by atoms with Gasteiger partial charge in [0.2, 0.25) is 0 Å². The molecule has 1 saturated heterocycles. The second-order valence-corrected chi connectivity index (χ2v) is 11.4. The van der Waals surface area contributed by atoms with E-state index in [2.05, 4.69) is 52.1 Å². The van der Waals surface area contributed by atoms with Crippen LogP contribution in [0.5, 0.6) is 0 Å². The van der Waals surface area contributed by atoms with Crippen molar-refractivity contribution in [3.8, 4) is 0 Å². The molecular weight excluding hydrogens is 502 g/mol. The van der Waals surface area contributed by atoms with E-state index < -0.39 is 0 Å². The highest BCUT2D eigenvalue weighted by atomic mass is 79.9. The van der Waals surface area contributed by atoms with Crippen LogP contribution in [0.4, 0.5) is 0 Å². The minimum absolute atomic E-state index is 0.0404. The van der Waals surface area contributed by atoms with E-state index in [1.165, 1.54) is 5.01 Å². The number of nitrogens with zero attached hydrogens (tertiary/aromatic N) is 5. The number of hydrogen-bond acceptors (Lipinski definition) is 6. The lowest BCUT2D eigenvalue weighted by Gasteiger charge is -2.21. The van der Waals surface area contributed by atoms with Crippen molar-refractivity contribution in [3.05, 3.63) is 55.6 Å². The van der Waals surface area contributed by atoms with Crippen LogP contribution >= 0.6 is 27.3 Å². The average Bonchev–Trinajstić information content (AvgIpc) is 3.42. The molecule has 0 atom stereocenters. The average molecular weight is 535 g/mol. The lowest BCUT2D eigenvalue weighted by molar-refractivity contribution is 0.0727. The molecule has 178 valence electrons. The highest BCUT2D eigenvalue weighted by Crippen LogP contribution is 2.26. The number of carbonyl (C=O) groups excluding carboxylic acids is 1. The largest absolute Gasteiger partial charge is 0.454 e. The highest BCUT2D eigenvalue weighted by molar-refractivity contribution is 9.10. The molecule has 1 fully saturated rings. The van der Waals surface area contributed by atoms with Crippen molar-refractivity contribution in [2.24, 2.45) is 0 Å². The highest BCUT2D eigenvalue weighted by Gasteiger charge is 2.24. The summed E-state index contributed by atoms with van der Waals surface area (Å²) >= 11 is 5.29. The van der Waals surface area contributed by atoms with Crippen molar-refractivity contribution in [1.29, 1.82) is 0 Å². The van der Waals surface area contributed by atoms with Crippen LogP contribution < -0.4 is 0 Å². The molecule has 4 heterocycles.